The lowest BCUT2D eigenvalue weighted by Crippen LogP contribution is -2.24. The van der Waals surface area contributed by atoms with Gasteiger partial charge in [-0.25, -0.2) is 0 Å². The quantitative estimate of drug-likeness (QED) is 0.812. The Kier molecular flexibility index (Phi) is 5.22. The summed E-state index contributed by atoms with van der Waals surface area (Å²) in [6.45, 7) is 7.53. The molecule has 0 aromatic heterocycles. The highest BCUT2D eigenvalue weighted by molar-refractivity contribution is 6.30. The Morgan fingerprint density at radius 2 is 1.85 bits per heavy atom. The van der Waals surface area contributed by atoms with Crippen molar-refractivity contribution in [3.63, 3.8) is 0 Å². The molecule has 0 heterocycles. The fraction of sp³-hybridized carbons (Fsp3) is 0.333. The van der Waals surface area contributed by atoms with Gasteiger partial charge in [-0.3, -0.25) is 0 Å². The molecule has 0 amide bonds. The molecule has 2 rings (SSSR count). The average molecular weight is 288 g/mol. The fourth-order valence-corrected chi connectivity index (χ4v) is 2.67. The van der Waals surface area contributed by atoms with Crippen LogP contribution in [-0.2, 0) is 0 Å². The number of nitrogens with one attached hydrogen (secondary N) is 1. The summed E-state index contributed by atoms with van der Waals surface area (Å²) in [6, 6.07) is 14.8. The molecule has 2 aromatic carbocycles. The van der Waals surface area contributed by atoms with Gasteiger partial charge in [-0.2, -0.15) is 0 Å². The minimum Gasteiger partial charge on any atom is -0.306 e. The topological polar surface area (TPSA) is 12.0 Å². The van der Waals surface area contributed by atoms with Crippen molar-refractivity contribution >= 4 is 11.6 Å². The lowest BCUT2D eigenvalue weighted by atomic mass is 9.92. The molecule has 0 radical (unpaired) electrons. The largest absolute Gasteiger partial charge is 0.306 e. The first-order valence-corrected chi connectivity index (χ1v) is 7.56. The van der Waals surface area contributed by atoms with Crippen molar-refractivity contribution < 1.29 is 0 Å². The molecule has 0 saturated carbocycles. The average Bonchev–Trinajstić information content (AvgIpc) is 2.44. The predicted molar refractivity (Wildman–Crippen MR) is 87.5 cm³/mol. The van der Waals surface area contributed by atoms with E-state index in [0.717, 1.165) is 18.0 Å². The lowest BCUT2D eigenvalue weighted by molar-refractivity contribution is 0.596. The van der Waals surface area contributed by atoms with Gasteiger partial charge in [0.2, 0.25) is 0 Å². The fourth-order valence-electron chi connectivity index (χ4n) is 2.47. The first-order valence-electron chi connectivity index (χ1n) is 7.18. The third kappa shape index (κ3) is 3.41. The molecule has 2 heteroatoms. The highest BCUT2D eigenvalue weighted by Gasteiger charge is 2.16. The summed E-state index contributed by atoms with van der Waals surface area (Å²) in [7, 11) is 0. The SMILES string of the molecule is CCCNC(c1cccc(Cl)c1)c1cccc(C)c1C. The molecule has 1 atom stereocenters. The highest BCUT2D eigenvalue weighted by atomic mass is 35.5. The molecule has 0 aliphatic heterocycles. The Morgan fingerprint density at radius 1 is 1.10 bits per heavy atom. The Hall–Kier alpha value is -1.31. The maximum absolute atomic E-state index is 6.15. The van der Waals surface area contributed by atoms with E-state index in [9.17, 15) is 0 Å². The van der Waals surface area contributed by atoms with Gasteiger partial charge in [0.1, 0.15) is 0 Å². The molecule has 0 aliphatic carbocycles. The number of hydrogen-bond donors (Lipinski definition) is 1. The van der Waals surface area contributed by atoms with E-state index >= 15 is 0 Å². The van der Waals surface area contributed by atoms with E-state index in [4.69, 9.17) is 11.6 Å². The van der Waals surface area contributed by atoms with Gasteiger partial charge in [0.25, 0.3) is 0 Å². The van der Waals surface area contributed by atoms with Crippen molar-refractivity contribution in [2.24, 2.45) is 0 Å². The number of aryl methyl sites for hydroxylation is 1. The van der Waals surface area contributed by atoms with Gasteiger partial charge in [-0.05, 0) is 61.2 Å². The lowest BCUT2D eigenvalue weighted by Gasteiger charge is -2.22. The van der Waals surface area contributed by atoms with Crippen LogP contribution < -0.4 is 5.32 Å². The first-order chi connectivity index (χ1) is 9.63. The Labute approximate surface area is 127 Å². The third-order valence-corrected chi connectivity index (χ3v) is 3.97. The smallest absolute Gasteiger partial charge is 0.0579 e. The molecular formula is C18H22ClN. The van der Waals surface area contributed by atoms with E-state index in [2.05, 4.69) is 56.4 Å². The minimum atomic E-state index is 0.202. The molecular weight excluding hydrogens is 266 g/mol. The van der Waals surface area contributed by atoms with E-state index in [0.29, 0.717) is 0 Å². The molecule has 0 spiro atoms. The van der Waals surface area contributed by atoms with Crippen molar-refractivity contribution in [3.05, 3.63) is 69.7 Å². The van der Waals surface area contributed by atoms with Crippen LogP contribution in [0.25, 0.3) is 0 Å². The Morgan fingerprint density at radius 3 is 2.55 bits per heavy atom. The number of halogens is 1. The zero-order valence-corrected chi connectivity index (χ0v) is 13.2. The molecule has 2 aromatic rings. The monoisotopic (exact) mass is 287 g/mol. The first kappa shape index (κ1) is 15.1. The minimum absolute atomic E-state index is 0.202. The maximum atomic E-state index is 6.15. The molecule has 1 unspecified atom stereocenters. The van der Waals surface area contributed by atoms with Crippen LogP contribution in [0.1, 0.15) is 41.6 Å². The molecule has 0 fully saturated rings. The van der Waals surface area contributed by atoms with Gasteiger partial charge in [0.05, 0.1) is 6.04 Å². The third-order valence-electron chi connectivity index (χ3n) is 3.74. The summed E-state index contributed by atoms with van der Waals surface area (Å²) in [5.41, 5.74) is 5.23. The van der Waals surface area contributed by atoms with Crippen molar-refractivity contribution in [2.45, 2.75) is 33.2 Å². The van der Waals surface area contributed by atoms with Crippen LogP contribution in [0.15, 0.2) is 42.5 Å². The van der Waals surface area contributed by atoms with Gasteiger partial charge in [0, 0.05) is 5.02 Å². The van der Waals surface area contributed by atoms with Gasteiger partial charge in [-0.15, -0.1) is 0 Å². The highest BCUT2D eigenvalue weighted by Crippen LogP contribution is 2.28. The van der Waals surface area contributed by atoms with Gasteiger partial charge in [0.15, 0.2) is 0 Å². The molecule has 20 heavy (non-hydrogen) atoms. The second kappa shape index (κ2) is 6.92. The number of benzene rings is 2. The van der Waals surface area contributed by atoms with Crippen LogP contribution in [0.3, 0.4) is 0 Å². The van der Waals surface area contributed by atoms with Crippen LogP contribution in [-0.4, -0.2) is 6.54 Å². The molecule has 0 bridgehead atoms. The van der Waals surface area contributed by atoms with E-state index in [1.165, 1.54) is 22.3 Å². The molecule has 0 saturated heterocycles. The van der Waals surface area contributed by atoms with E-state index in [1.807, 2.05) is 12.1 Å². The summed E-state index contributed by atoms with van der Waals surface area (Å²) < 4.78 is 0. The maximum Gasteiger partial charge on any atom is 0.0579 e. The van der Waals surface area contributed by atoms with Gasteiger partial charge in [-0.1, -0.05) is 48.9 Å². The van der Waals surface area contributed by atoms with E-state index in [-0.39, 0.29) is 6.04 Å². The van der Waals surface area contributed by atoms with E-state index in [1.54, 1.807) is 0 Å². The zero-order chi connectivity index (χ0) is 14.5. The zero-order valence-electron chi connectivity index (χ0n) is 12.4. The van der Waals surface area contributed by atoms with Gasteiger partial charge >= 0.3 is 0 Å². The summed E-state index contributed by atoms with van der Waals surface area (Å²) >= 11 is 6.15. The van der Waals surface area contributed by atoms with Crippen LogP contribution >= 0.6 is 11.6 Å². The number of rotatable bonds is 5. The van der Waals surface area contributed by atoms with Crippen molar-refractivity contribution in [1.82, 2.24) is 5.32 Å². The van der Waals surface area contributed by atoms with Gasteiger partial charge < -0.3 is 5.32 Å². The molecule has 1 N–H and O–H groups in total. The van der Waals surface area contributed by atoms with Crippen LogP contribution in [0.4, 0.5) is 0 Å². The molecule has 106 valence electrons. The predicted octanol–water partition coefficient (Wildman–Crippen LogP) is 5.05. The van der Waals surface area contributed by atoms with Crippen molar-refractivity contribution in [2.75, 3.05) is 6.54 Å². The van der Waals surface area contributed by atoms with Crippen molar-refractivity contribution in [1.29, 1.82) is 0 Å². The van der Waals surface area contributed by atoms with E-state index < -0.39 is 0 Å². The summed E-state index contributed by atoms with van der Waals surface area (Å²) in [5.74, 6) is 0. The normalized spacial score (nSPS) is 12.4. The second-order valence-corrected chi connectivity index (χ2v) is 5.67. The molecule has 0 aliphatic rings. The summed E-state index contributed by atoms with van der Waals surface area (Å²) in [6.07, 6.45) is 1.11. The number of hydrogen-bond acceptors (Lipinski definition) is 1. The van der Waals surface area contributed by atoms with Crippen molar-refractivity contribution in [3.8, 4) is 0 Å². The second-order valence-electron chi connectivity index (χ2n) is 5.23. The summed E-state index contributed by atoms with van der Waals surface area (Å²) in [5, 5.41) is 4.43. The Bertz CT molecular complexity index is 577. The Balaban J connectivity index is 2.44. The van der Waals surface area contributed by atoms with Crippen LogP contribution in [0.5, 0.6) is 0 Å². The standard InChI is InChI=1S/C18H22ClN/c1-4-11-20-18(15-8-6-9-16(19)12-15)17-10-5-7-13(2)14(17)3/h5-10,12,18,20H,4,11H2,1-3H3. The molecule has 1 nitrogen and oxygen atoms in total. The van der Waals surface area contributed by atoms with Crippen LogP contribution in [0.2, 0.25) is 5.02 Å². The summed E-state index contributed by atoms with van der Waals surface area (Å²) in [4.78, 5) is 0. The van der Waals surface area contributed by atoms with Crippen LogP contribution in [0, 0.1) is 13.8 Å².